The molecule has 5 nitrogen and oxygen atoms in total. The summed E-state index contributed by atoms with van der Waals surface area (Å²) in [5.74, 6) is 1.84. The summed E-state index contributed by atoms with van der Waals surface area (Å²) in [7, 11) is 0. The molecule has 1 atom stereocenters. The van der Waals surface area contributed by atoms with Crippen LogP contribution in [0.1, 0.15) is 38.2 Å². The first-order valence-corrected chi connectivity index (χ1v) is 10.7. The van der Waals surface area contributed by atoms with Crippen molar-refractivity contribution in [3.63, 3.8) is 0 Å². The second-order valence-electron chi connectivity index (χ2n) is 7.74. The predicted octanol–water partition coefficient (Wildman–Crippen LogP) is 3.59. The first kappa shape index (κ1) is 23.4. The number of hydrogen-bond donors (Lipinski definition) is 1. The van der Waals surface area contributed by atoms with Gasteiger partial charge in [-0.05, 0) is 50.8 Å². The molecular formula is C22H37IN4O. The Morgan fingerprint density at radius 3 is 2.68 bits per heavy atom. The molecule has 1 aromatic rings. The molecular weight excluding hydrogens is 463 g/mol. The normalized spacial score (nSPS) is 20.8. The van der Waals surface area contributed by atoms with Gasteiger partial charge in [0.05, 0.1) is 19.8 Å². The van der Waals surface area contributed by atoms with Gasteiger partial charge in [-0.15, -0.1) is 24.0 Å². The van der Waals surface area contributed by atoms with Crippen molar-refractivity contribution in [3.8, 4) is 0 Å². The number of nitrogens with zero attached hydrogens (tertiary/aromatic N) is 3. The van der Waals surface area contributed by atoms with Gasteiger partial charge in [0.25, 0.3) is 0 Å². The molecule has 0 spiro atoms. The second kappa shape index (κ2) is 13.4. The van der Waals surface area contributed by atoms with Crippen LogP contribution in [-0.2, 0) is 11.3 Å². The maximum atomic E-state index is 5.77. The molecule has 1 N–H and O–H groups in total. The minimum atomic E-state index is 0. The van der Waals surface area contributed by atoms with E-state index in [9.17, 15) is 0 Å². The van der Waals surface area contributed by atoms with Gasteiger partial charge in [-0.2, -0.15) is 0 Å². The molecule has 0 aliphatic carbocycles. The van der Waals surface area contributed by atoms with E-state index in [-0.39, 0.29) is 24.0 Å². The largest absolute Gasteiger partial charge is 0.375 e. The van der Waals surface area contributed by atoms with Crippen molar-refractivity contribution in [2.75, 3.05) is 52.4 Å². The summed E-state index contributed by atoms with van der Waals surface area (Å²) in [5.41, 5.74) is 1.22. The van der Waals surface area contributed by atoms with Crippen LogP contribution in [0.5, 0.6) is 0 Å². The molecule has 2 aliphatic heterocycles. The third kappa shape index (κ3) is 7.87. The minimum Gasteiger partial charge on any atom is -0.375 e. The van der Waals surface area contributed by atoms with Gasteiger partial charge in [0.1, 0.15) is 0 Å². The Kier molecular flexibility index (Phi) is 11.2. The molecule has 0 aromatic heterocycles. The fourth-order valence-electron chi connectivity index (χ4n) is 4.09. The van der Waals surface area contributed by atoms with Crippen LogP contribution >= 0.6 is 24.0 Å². The molecule has 158 valence electrons. The molecule has 2 heterocycles. The lowest BCUT2D eigenvalue weighted by Gasteiger charge is -2.29. The Bertz CT molecular complexity index is 563. The highest BCUT2D eigenvalue weighted by Crippen LogP contribution is 2.19. The molecule has 3 rings (SSSR count). The summed E-state index contributed by atoms with van der Waals surface area (Å²) in [6, 6.07) is 10.3. The maximum Gasteiger partial charge on any atom is 0.194 e. The number of rotatable bonds is 8. The summed E-state index contributed by atoms with van der Waals surface area (Å²) in [5, 5.41) is 3.46. The zero-order chi connectivity index (χ0) is 18.7. The predicted molar refractivity (Wildman–Crippen MR) is 127 cm³/mol. The van der Waals surface area contributed by atoms with E-state index in [1.807, 2.05) is 18.2 Å². The smallest absolute Gasteiger partial charge is 0.194 e. The zero-order valence-electron chi connectivity index (χ0n) is 17.3. The third-order valence-corrected chi connectivity index (χ3v) is 5.49. The molecule has 1 unspecified atom stereocenters. The molecule has 28 heavy (non-hydrogen) atoms. The van der Waals surface area contributed by atoms with Crippen molar-refractivity contribution < 1.29 is 4.74 Å². The van der Waals surface area contributed by atoms with Gasteiger partial charge >= 0.3 is 0 Å². The van der Waals surface area contributed by atoms with Crippen molar-refractivity contribution in [2.45, 2.75) is 39.2 Å². The Hall–Kier alpha value is -0.860. The standard InChI is InChI=1S/C22H36N4O.HI/c1-2-23-22(24-12-16-27-19-20-9-5-3-6-10-20)26-15-11-21(18-26)17-25-13-7-4-8-14-25;/h3,5-6,9-10,21H,2,4,7-8,11-19H2,1H3,(H,23,24);1H. The second-order valence-corrected chi connectivity index (χ2v) is 7.74. The summed E-state index contributed by atoms with van der Waals surface area (Å²) >= 11 is 0. The third-order valence-electron chi connectivity index (χ3n) is 5.49. The fourth-order valence-corrected chi connectivity index (χ4v) is 4.09. The van der Waals surface area contributed by atoms with Gasteiger partial charge in [0.2, 0.25) is 0 Å². The Labute approximate surface area is 187 Å². The van der Waals surface area contributed by atoms with Crippen molar-refractivity contribution in [2.24, 2.45) is 10.9 Å². The number of nitrogens with one attached hydrogen (secondary N) is 1. The number of halogens is 1. The van der Waals surface area contributed by atoms with E-state index in [4.69, 9.17) is 9.73 Å². The highest BCUT2D eigenvalue weighted by Gasteiger charge is 2.26. The van der Waals surface area contributed by atoms with E-state index in [0.29, 0.717) is 19.8 Å². The molecule has 2 saturated heterocycles. The van der Waals surface area contributed by atoms with Crippen LogP contribution < -0.4 is 5.32 Å². The topological polar surface area (TPSA) is 40.1 Å². The quantitative estimate of drug-likeness (QED) is 0.256. The lowest BCUT2D eigenvalue weighted by Crippen LogP contribution is -2.41. The molecule has 6 heteroatoms. The monoisotopic (exact) mass is 500 g/mol. The average Bonchev–Trinajstić information content (AvgIpc) is 3.17. The number of aliphatic imine (C=N–C) groups is 1. The number of ether oxygens (including phenoxy) is 1. The van der Waals surface area contributed by atoms with E-state index in [1.165, 1.54) is 50.9 Å². The summed E-state index contributed by atoms with van der Waals surface area (Å²) in [4.78, 5) is 9.91. The molecule has 2 aliphatic rings. The maximum absolute atomic E-state index is 5.77. The highest BCUT2D eigenvalue weighted by molar-refractivity contribution is 14.0. The zero-order valence-corrected chi connectivity index (χ0v) is 19.6. The fraction of sp³-hybridized carbons (Fsp3) is 0.682. The van der Waals surface area contributed by atoms with E-state index in [0.717, 1.165) is 31.5 Å². The first-order chi connectivity index (χ1) is 13.3. The molecule has 0 saturated carbocycles. The van der Waals surface area contributed by atoms with Gasteiger partial charge in [0.15, 0.2) is 5.96 Å². The van der Waals surface area contributed by atoms with Gasteiger partial charge in [-0.3, -0.25) is 4.99 Å². The summed E-state index contributed by atoms with van der Waals surface area (Å²) in [6.45, 7) is 11.2. The Morgan fingerprint density at radius 1 is 1.14 bits per heavy atom. The highest BCUT2D eigenvalue weighted by atomic mass is 127. The molecule has 2 fully saturated rings. The van der Waals surface area contributed by atoms with Crippen LogP contribution in [0.4, 0.5) is 0 Å². The number of piperidine rings is 1. The van der Waals surface area contributed by atoms with Gasteiger partial charge < -0.3 is 19.9 Å². The lowest BCUT2D eigenvalue weighted by atomic mass is 10.1. The molecule has 1 aromatic carbocycles. The van der Waals surface area contributed by atoms with E-state index < -0.39 is 0 Å². The lowest BCUT2D eigenvalue weighted by molar-refractivity contribution is 0.128. The minimum absolute atomic E-state index is 0. The number of benzene rings is 1. The van der Waals surface area contributed by atoms with Crippen LogP contribution in [-0.4, -0.2) is 68.2 Å². The number of likely N-dealkylation sites (tertiary alicyclic amines) is 2. The SMILES string of the molecule is CCNC(=NCCOCc1ccccc1)N1CCC(CN2CCCCC2)C1.I. The van der Waals surface area contributed by atoms with Crippen molar-refractivity contribution in [3.05, 3.63) is 35.9 Å². The van der Waals surface area contributed by atoms with Crippen molar-refractivity contribution in [1.82, 2.24) is 15.1 Å². The van der Waals surface area contributed by atoms with Gasteiger partial charge in [-0.25, -0.2) is 0 Å². The van der Waals surface area contributed by atoms with Crippen LogP contribution in [0.25, 0.3) is 0 Å². The molecule has 0 amide bonds. The van der Waals surface area contributed by atoms with Crippen molar-refractivity contribution in [1.29, 1.82) is 0 Å². The summed E-state index contributed by atoms with van der Waals surface area (Å²) in [6.07, 6.45) is 5.45. The number of guanidine groups is 1. The van der Waals surface area contributed by atoms with Crippen LogP contribution in [0.2, 0.25) is 0 Å². The van der Waals surface area contributed by atoms with Crippen molar-refractivity contribution >= 4 is 29.9 Å². The van der Waals surface area contributed by atoms with E-state index in [2.05, 4.69) is 34.2 Å². The van der Waals surface area contributed by atoms with Gasteiger partial charge in [-0.1, -0.05) is 36.8 Å². The average molecular weight is 500 g/mol. The van der Waals surface area contributed by atoms with E-state index >= 15 is 0 Å². The van der Waals surface area contributed by atoms with Crippen LogP contribution in [0, 0.1) is 5.92 Å². The summed E-state index contributed by atoms with van der Waals surface area (Å²) < 4.78 is 5.77. The Balaban J connectivity index is 0.00000280. The van der Waals surface area contributed by atoms with Gasteiger partial charge in [0, 0.05) is 26.2 Å². The Morgan fingerprint density at radius 2 is 1.93 bits per heavy atom. The van der Waals surface area contributed by atoms with Crippen LogP contribution in [0.15, 0.2) is 35.3 Å². The molecule has 0 radical (unpaired) electrons. The molecule has 0 bridgehead atoms. The van der Waals surface area contributed by atoms with Crippen LogP contribution in [0.3, 0.4) is 0 Å². The first-order valence-electron chi connectivity index (χ1n) is 10.7. The van der Waals surface area contributed by atoms with E-state index in [1.54, 1.807) is 0 Å². The number of hydrogen-bond acceptors (Lipinski definition) is 3.